The molecule has 0 aliphatic carbocycles. The van der Waals surface area contributed by atoms with Crippen LogP contribution in [0.4, 0.5) is 4.39 Å². The van der Waals surface area contributed by atoms with Gasteiger partial charge in [0.15, 0.2) is 0 Å². The molecule has 0 amide bonds. The van der Waals surface area contributed by atoms with Crippen LogP contribution in [-0.2, 0) is 13.5 Å². The molecule has 0 aliphatic rings. The van der Waals surface area contributed by atoms with Crippen LogP contribution in [0.3, 0.4) is 0 Å². The Balaban J connectivity index is 2.79. The minimum Gasteiger partial charge on any atom is -0.346 e. The quantitative estimate of drug-likeness (QED) is 0.838. The van der Waals surface area contributed by atoms with Crippen molar-refractivity contribution in [1.29, 1.82) is 0 Å². The van der Waals surface area contributed by atoms with Crippen molar-refractivity contribution in [1.82, 2.24) is 4.57 Å². The highest BCUT2D eigenvalue weighted by molar-refractivity contribution is 6.36. The molecule has 0 saturated carbocycles. The van der Waals surface area contributed by atoms with Gasteiger partial charge in [0.2, 0.25) is 0 Å². The van der Waals surface area contributed by atoms with Gasteiger partial charge in [0.25, 0.3) is 0 Å². The summed E-state index contributed by atoms with van der Waals surface area (Å²) in [6.07, 6.45) is 0.656. The molecule has 1 aromatic heterocycles. The molecule has 0 fully saturated rings. The van der Waals surface area contributed by atoms with Crippen molar-refractivity contribution in [2.75, 3.05) is 6.54 Å². The van der Waals surface area contributed by atoms with Crippen LogP contribution in [-0.4, -0.2) is 11.1 Å². The van der Waals surface area contributed by atoms with E-state index in [1.54, 1.807) is 6.07 Å². The average molecular weight is 227 g/mol. The summed E-state index contributed by atoms with van der Waals surface area (Å²) in [4.78, 5) is 0. The second-order valence-corrected chi connectivity index (χ2v) is 3.87. The maximum absolute atomic E-state index is 13.6. The second kappa shape index (κ2) is 3.83. The van der Waals surface area contributed by atoms with Crippen molar-refractivity contribution in [2.24, 2.45) is 12.8 Å². The van der Waals surface area contributed by atoms with Crippen molar-refractivity contribution >= 4 is 22.5 Å². The Hall–Kier alpha value is -1.06. The molecule has 0 aliphatic heterocycles. The summed E-state index contributed by atoms with van der Waals surface area (Å²) in [5.74, 6) is -0.281. The van der Waals surface area contributed by atoms with Gasteiger partial charge in [-0.05, 0) is 18.7 Å². The molecule has 15 heavy (non-hydrogen) atoms. The van der Waals surface area contributed by atoms with E-state index in [-0.39, 0.29) is 5.82 Å². The van der Waals surface area contributed by atoms with Crippen molar-refractivity contribution in [2.45, 2.75) is 6.42 Å². The van der Waals surface area contributed by atoms with E-state index in [9.17, 15) is 4.39 Å². The average Bonchev–Trinajstić information content (AvgIpc) is 2.45. The minimum atomic E-state index is -0.281. The smallest absolute Gasteiger partial charge is 0.134 e. The Morgan fingerprint density at radius 1 is 1.47 bits per heavy atom. The van der Waals surface area contributed by atoms with E-state index in [1.807, 2.05) is 17.7 Å². The number of hydrogen-bond donors (Lipinski definition) is 1. The molecule has 1 aromatic carbocycles. The predicted molar refractivity (Wildman–Crippen MR) is 60.6 cm³/mol. The number of rotatable bonds is 2. The van der Waals surface area contributed by atoms with Gasteiger partial charge in [-0.15, -0.1) is 0 Å². The molecule has 80 valence electrons. The lowest BCUT2D eigenvalue weighted by Crippen LogP contribution is -2.06. The second-order valence-electron chi connectivity index (χ2n) is 3.49. The molecule has 0 saturated heterocycles. The Bertz CT molecular complexity index is 505. The molecule has 0 unspecified atom stereocenters. The number of aryl methyl sites for hydroxylation is 1. The molecule has 0 atom stereocenters. The van der Waals surface area contributed by atoms with E-state index in [1.165, 1.54) is 6.07 Å². The van der Waals surface area contributed by atoms with Crippen molar-refractivity contribution in [3.63, 3.8) is 0 Å². The summed E-state index contributed by atoms with van der Waals surface area (Å²) in [7, 11) is 1.87. The lowest BCUT2D eigenvalue weighted by atomic mass is 10.2. The van der Waals surface area contributed by atoms with E-state index >= 15 is 0 Å². The summed E-state index contributed by atoms with van der Waals surface area (Å²) < 4.78 is 15.4. The van der Waals surface area contributed by atoms with Crippen LogP contribution in [0.15, 0.2) is 18.2 Å². The first-order valence-electron chi connectivity index (χ1n) is 4.78. The van der Waals surface area contributed by atoms with E-state index in [4.69, 9.17) is 17.3 Å². The maximum atomic E-state index is 13.6. The summed E-state index contributed by atoms with van der Waals surface area (Å²) in [6.45, 7) is 0.505. The number of fused-ring (bicyclic) bond motifs is 1. The van der Waals surface area contributed by atoms with Crippen LogP contribution < -0.4 is 5.73 Å². The number of hydrogen-bond acceptors (Lipinski definition) is 1. The maximum Gasteiger partial charge on any atom is 0.134 e. The fraction of sp³-hybridized carbons (Fsp3) is 0.273. The summed E-state index contributed by atoms with van der Waals surface area (Å²) in [5.41, 5.74) is 7.19. The SMILES string of the molecule is Cn1c(CCN)c(Cl)c2c(F)cccc21. The zero-order valence-electron chi connectivity index (χ0n) is 8.43. The molecule has 1 heterocycles. The van der Waals surface area contributed by atoms with Gasteiger partial charge in [-0.3, -0.25) is 0 Å². The summed E-state index contributed by atoms with van der Waals surface area (Å²) in [6, 6.07) is 4.95. The molecular weight excluding hydrogens is 215 g/mol. The predicted octanol–water partition coefficient (Wildman–Crippen LogP) is 2.47. The number of nitrogens with zero attached hydrogens (tertiary/aromatic N) is 1. The van der Waals surface area contributed by atoms with Crippen LogP contribution in [0, 0.1) is 5.82 Å². The van der Waals surface area contributed by atoms with Crippen molar-refractivity contribution in [3.8, 4) is 0 Å². The first kappa shape index (κ1) is 10.5. The number of nitrogens with two attached hydrogens (primary N) is 1. The Morgan fingerprint density at radius 3 is 2.80 bits per heavy atom. The van der Waals surface area contributed by atoms with Gasteiger partial charge in [-0.2, -0.15) is 0 Å². The van der Waals surface area contributed by atoms with E-state index < -0.39 is 0 Å². The van der Waals surface area contributed by atoms with E-state index in [2.05, 4.69) is 0 Å². The van der Waals surface area contributed by atoms with Crippen LogP contribution in [0.5, 0.6) is 0 Å². The van der Waals surface area contributed by atoms with Gasteiger partial charge in [0, 0.05) is 19.2 Å². The van der Waals surface area contributed by atoms with Gasteiger partial charge >= 0.3 is 0 Å². The third-order valence-electron chi connectivity index (χ3n) is 2.61. The van der Waals surface area contributed by atoms with Gasteiger partial charge < -0.3 is 10.3 Å². The summed E-state index contributed by atoms with van der Waals surface area (Å²) in [5, 5.41) is 0.973. The Morgan fingerprint density at radius 2 is 2.20 bits per heavy atom. The van der Waals surface area contributed by atoms with Crippen LogP contribution in [0.2, 0.25) is 5.02 Å². The fourth-order valence-electron chi connectivity index (χ4n) is 1.86. The van der Waals surface area contributed by atoms with E-state index in [0.29, 0.717) is 23.4 Å². The molecule has 2 N–H and O–H groups in total. The third-order valence-corrected chi connectivity index (χ3v) is 3.02. The lowest BCUT2D eigenvalue weighted by molar-refractivity contribution is 0.640. The first-order chi connectivity index (χ1) is 7.16. The molecule has 2 aromatic rings. The van der Waals surface area contributed by atoms with Crippen LogP contribution in [0.25, 0.3) is 10.9 Å². The van der Waals surface area contributed by atoms with Gasteiger partial charge in [-0.25, -0.2) is 4.39 Å². The lowest BCUT2D eigenvalue weighted by Gasteiger charge is -2.02. The monoisotopic (exact) mass is 226 g/mol. The number of benzene rings is 1. The zero-order chi connectivity index (χ0) is 11.0. The topological polar surface area (TPSA) is 30.9 Å². The minimum absolute atomic E-state index is 0.281. The largest absolute Gasteiger partial charge is 0.346 e. The number of aromatic nitrogens is 1. The molecule has 0 radical (unpaired) electrons. The first-order valence-corrected chi connectivity index (χ1v) is 5.16. The molecule has 2 nitrogen and oxygen atoms in total. The normalized spacial score (nSPS) is 11.2. The van der Waals surface area contributed by atoms with Crippen LogP contribution in [0.1, 0.15) is 5.69 Å². The molecular formula is C11H12ClFN2. The fourth-order valence-corrected chi connectivity index (χ4v) is 2.27. The van der Waals surface area contributed by atoms with Gasteiger partial charge in [-0.1, -0.05) is 17.7 Å². The third kappa shape index (κ3) is 1.52. The Labute approximate surface area is 92.4 Å². The zero-order valence-corrected chi connectivity index (χ0v) is 9.18. The summed E-state index contributed by atoms with van der Waals surface area (Å²) >= 11 is 6.13. The Kier molecular flexibility index (Phi) is 2.67. The van der Waals surface area contributed by atoms with Gasteiger partial charge in [0.05, 0.1) is 15.9 Å². The van der Waals surface area contributed by atoms with Crippen molar-refractivity contribution in [3.05, 3.63) is 34.7 Å². The highest BCUT2D eigenvalue weighted by atomic mass is 35.5. The number of halogens is 2. The van der Waals surface area contributed by atoms with Crippen LogP contribution >= 0.6 is 11.6 Å². The van der Waals surface area contributed by atoms with E-state index in [0.717, 1.165) is 11.2 Å². The highest BCUT2D eigenvalue weighted by Gasteiger charge is 2.15. The standard InChI is InChI=1S/C11H12ClFN2/c1-15-8-4-2-3-7(13)10(8)11(12)9(15)5-6-14/h2-4H,5-6,14H2,1H3. The van der Waals surface area contributed by atoms with Gasteiger partial charge in [0.1, 0.15) is 5.82 Å². The molecule has 2 rings (SSSR count). The molecule has 4 heteroatoms. The molecule has 0 spiro atoms. The highest BCUT2D eigenvalue weighted by Crippen LogP contribution is 2.31. The van der Waals surface area contributed by atoms with Crippen molar-refractivity contribution < 1.29 is 4.39 Å². The molecule has 0 bridgehead atoms.